The van der Waals surface area contributed by atoms with Crippen LogP contribution in [0.15, 0.2) is 48.5 Å². The van der Waals surface area contributed by atoms with Crippen LogP contribution >= 0.6 is 0 Å². The summed E-state index contributed by atoms with van der Waals surface area (Å²) in [7, 11) is 0. The van der Waals surface area contributed by atoms with E-state index in [-0.39, 0.29) is 5.91 Å². The summed E-state index contributed by atoms with van der Waals surface area (Å²) in [6, 6.07) is 16.2. The topological polar surface area (TPSA) is 59.8 Å². The highest BCUT2D eigenvalue weighted by molar-refractivity contribution is 5.91. The van der Waals surface area contributed by atoms with E-state index < -0.39 is 0 Å². The summed E-state index contributed by atoms with van der Waals surface area (Å²) in [6.07, 6.45) is 1.06. The third kappa shape index (κ3) is 4.22. The van der Waals surface area contributed by atoms with E-state index in [4.69, 9.17) is 10.1 Å². The van der Waals surface area contributed by atoms with Gasteiger partial charge in [-0.25, -0.2) is 9.67 Å². The minimum atomic E-state index is 0.00909. The molecule has 1 N–H and O–H groups in total. The third-order valence-electron chi connectivity index (χ3n) is 5.79. The molecule has 0 spiro atoms. The van der Waals surface area contributed by atoms with Crippen molar-refractivity contribution in [1.29, 1.82) is 0 Å². The number of aryl methyl sites for hydroxylation is 5. The summed E-state index contributed by atoms with van der Waals surface area (Å²) >= 11 is 0. The SMILES string of the molecule is Cc1ccc(NC(=O)CCc2c(C)nc3c(c(C)nn3-c3ccc(C)cc3)c2C)cc1. The molecule has 4 rings (SSSR count). The molecule has 31 heavy (non-hydrogen) atoms. The predicted molar refractivity (Wildman–Crippen MR) is 126 cm³/mol. The van der Waals surface area contributed by atoms with Crippen LogP contribution in [-0.4, -0.2) is 20.7 Å². The molecule has 0 unspecified atom stereocenters. The van der Waals surface area contributed by atoms with E-state index in [0.29, 0.717) is 12.8 Å². The summed E-state index contributed by atoms with van der Waals surface area (Å²) < 4.78 is 1.91. The van der Waals surface area contributed by atoms with Gasteiger partial charge in [0.05, 0.1) is 11.4 Å². The van der Waals surface area contributed by atoms with E-state index in [9.17, 15) is 4.79 Å². The van der Waals surface area contributed by atoms with Gasteiger partial charge in [-0.2, -0.15) is 5.10 Å². The molecule has 2 aromatic carbocycles. The average Bonchev–Trinajstić information content (AvgIpc) is 3.06. The second-order valence-corrected chi connectivity index (χ2v) is 8.25. The highest BCUT2D eigenvalue weighted by Gasteiger charge is 2.18. The van der Waals surface area contributed by atoms with Crippen molar-refractivity contribution in [3.05, 3.63) is 82.2 Å². The maximum absolute atomic E-state index is 12.5. The van der Waals surface area contributed by atoms with Gasteiger partial charge in [0, 0.05) is 23.2 Å². The van der Waals surface area contributed by atoms with Gasteiger partial charge in [-0.15, -0.1) is 0 Å². The smallest absolute Gasteiger partial charge is 0.224 e. The average molecular weight is 413 g/mol. The first-order valence-electron chi connectivity index (χ1n) is 10.6. The first-order chi connectivity index (χ1) is 14.8. The number of rotatable bonds is 5. The molecule has 0 aliphatic rings. The highest BCUT2D eigenvalue weighted by Crippen LogP contribution is 2.28. The number of nitrogens with zero attached hydrogens (tertiary/aromatic N) is 3. The van der Waals surface area contributed by atoms with Crippen molar-refractivity contribution in [2.75, 3.05) is 5.32 Å². The number of nitrogens with one attached hydrogen (secondary N) is 1. The van der Waals surface area contributed by atoms with Crippen LogP contribution in [0.5, 0.6) is 0 Å². The largest absolute Gasteiger partial charge is 0.326 e. The molecule has 0 saturated carbocycles. The standard InChI is InChI=1S/C26H28N4O/c1-16-6-10-21(11-7-16)28-24(31)15-14-23-18(3)25-20(5)29-30(26(25)27-19(23)4)22-12-8-17(2)9-13-22/h6-13H,14-15H2,1-5H3,(H,28,31). The molecule has 0 atom stereocenters. The second-order valence-electron chi connectivity index (χ2n) is 8.25. The van der Waals surface area contributed by atoms with Crippen molar-refractivity contribution in [3.63, 3.8) is 0 Å². The van der Waals surface area contributed by atoms with Crippen LogP contribution in [0.1, 0.15) is 40.1 Å². The molecule has 158 valence electrons. The van der Waals surface area contributed by atoms with Crippen LogP contribution in [0.3, 0.4) is 0 Å². The van der Waals surface area contributed by atoms with Gasteiger partial charge in [0.1, 0.15) is 0 Å². The van der Waals surface area contributed by atoms with Gasteiger partial charge in [-0.3, -0.25) is 4.79 Å². The van der Waals surface area contributed by atoms with Crippen molar-refractivity contribution >= 4 is 22.6 Å². The molecule has 5 nitrogen and oxygen atoms in total. The Morgan fingerprint density at radius 3 is 2.13 bits per heavy atom. The van der Waals surface area contributed by atoms with E-state index in [1.807, 2.05) is 49.7 Å². The lowest BCUT2D eigenvalue weighted by molar-refractivity contribution is -0.116. The van der Waals surface area contributed by atoms with E-state index in [1.165, 1.54) is 11.1 Å². The van der Waals surface area contributed by atoms with Crippen LogP contribution in [0.4, 0.5) is 5.69 Å². The molecule has 2 aromatic heterocycles. The van der Waals surface area contributed by atoms with Crippen molar-refractivity contribution in [2.45, 2.75) is 47.5 Å². The fourth-order valence-corrected chi connectivity index (χ4v) is 4.04. The van der Waals surface area contributed by atoms with Gasteiger partial charge in [0.15, 0.2) is 5.65 Å². The number of benzene rings is 2. The number of fused-ring (bicyclic) bond motifs is 1. The van der Waals surface area contributed by atoms with Gasteiger partial charge in [0.2, 0.25) is 5.91 Å². The Bertz CT molecular complexity index is 1250. The van der Waals surface area contributed by atoms with Gasteiger partial charge < -0.3 is 5.32 Å². The zero-order valence-corrected chi connectivity index (χ0v) is 18.8. The zero-order valence-electron chi connectivity index (χ0n) is 18.8. The lowest BCUT2D eigenvalue weighted by Gasteiger charge is -2.12. The second kappa shape index (κ2) is 8.34. The summed E-state index contributed by atoms with van der Waals surface area (Å²) in [4.78, 5) is 17.4. The monoisotopic (exact) mass is 412 g/mol. The molecule has 0 aliphatic heterocycles. The molecule has 2 heterocycles. The molecule has 0 fully saturated rings. The van der Waals surface area contributed by atoms with Crippen molar-refractivity contribution < 1.29 is 4.79 Å². The minimum absolute atomic E-state index is 0.00909. The van der Waals surface area contributed by atoms with E-state index in [2.05, 4.69) is 43.4 Å². The molecular formula is C26H28N4O. The van der Waals surface area contributed by atoms with E-state index in [0.717, 1.165) is 44.9 Å². The molecule has 0 radical (unpaired) electrons. The van der Waals surface area contributed by atoms with Crippen LogP contribution in [0.25, 0.3) is 16.7 Å². The normalized spacial score (nSPS) is 11.1. The maximum Gasteiger partial charge on any atom is 0.224 e. The van der Waals surface area contributed by atoms with Crippen molar-refractivity contribution in [2.24, 2.45) is 0 Å². The molecule has 0 aliphatic carbocycles. The number of anilines is 1. The quantitative estimate of drug-likeness (QED) is 0.469. The molecule has 5 heteroatoms. The Morgan fingerprint density at radius 1 is 0.871 bits per heavy atom. The summed E-state index contributed by atoms with van der Waals surface area (Å²) in [5.74, 6) is 0.00909. The summed E-state index contributed by atoms with van der Waals surface area (Å²) in [5.41, 5.74) is 9.25. The van der Waals surface area contributed by atoms with Crippen molar-refractivity contribution in [3.8, 4) is 5.69 Å². The van der Waals surface area contributed by atoms with Crippen LogP contribution in [-0.2, 0) is 11.2 Å². The Labute approximate surface area is 183 Å². The molecular weight excluding hydrogens is 384 g/mol. The van der Waals surface area contributed by atoms with Crippen molar-refractivity contribution in [1.82, 2.24) is 14.8 Å². The lowest BCUT2D eigenvalue weighted by atomic mass is 9.99. The molecule has 4 aromatic rings. The fourth-order valence-electron chi connectivity index (χ4n) is 4.04. The Kier molecular flexibility index (Phi) is 5.59. The number of carbonyl (C=O) groups is 1. The molecule has 1 amide bonds. The number of aromatic nitrogens is 3. The Balaban J connectivity index is 1.60. The number of hydrogen-bond donors (Lipinski definition) is 1. The predicted octanol–water partition coefficient (Wildman–Crippen LogP) is 5.53. The summed E-state index contributed by atoms with van der Waals surface area (Å²) in [6.45, 7) is 10.2. The number of hydrogen-bond acceptors (Lipinski definition) is 3. The Hall–Kier alpha value is -3.47. The Morgan fingerprint density at radius 2 is 1.48 bits per heavy atom. The number of pyridine rings is 1. The van der Waals surface area contributed by atoms with Gasteiger partial charge in [-0.05, 0) is 76.4 Å². The number of carbonyl (C=O) groups excluding carboxylic acids is 1. The maximum atomic E-state index is 12.5. The van der Waals surface area contributed by atoms with E-state index >= 15 is 0 Å². The fraction of sp³-hybridized carbons (Fsp3) is 0.269. The molecule has 0 saturated heterocycles. The van der Waals surface area contributed by atoms with Gasteiger partial charge in [0.25, 0.3) is 0 Å². The van der Waals surface area contributed by atoms with Crippen LogP contribution in [0.2, 0.25) is 0 Å². The van der Waals surface area contributed by atoms with E-state index in [1.54, 1.807) is 0 Å². The summed E-state index contributed by atoms with van der Waals surface area (Å²) in [5, 5.41) is 8.82. The zero-order chi connectivity index (χ0) is 22.1. The first-order valence-corrected chi connectivity index (χ1v) is 10.6. The third-order valence-corrected chi connectivity index (χ3v) is 5.79. The van der Waals surface area contributed by atoms with Crippen LogP contribution in [0, 0.1) is 34.6 Å². The van der Waals surface area contributed by atoms with Gasteiger partial charge in [-0.1, -0.05) is 35.4 Å². The lowest BCUT2D eigenvalue weighted by Crippen LogP contribution is -2.13. The first kappa shape index (κ1) is 20.8. The minimum Gasteiger partial charge on any atom is -0.326 e. The molecule has 0 bridgehead atoms. The highest BCUT2D eigenvalue weighted by atomic mass is 16.1. The van der Waals surface area contributed by atoms with Gasteiger partial charge >= 0.3 is 0 Å². The number of amides is 1. The van der Waals surface area contributed by atoms with Crippen LogP contribution < -0.4 is 5.32 Å².